The highest BCUT2D eigenvalue weighted by molar-refractivity contribution is 6.02. The van der Waals surface area contributed by atoms with E-state index in [1.165, 1.54) is 6.42 Å². The first-order chi connectivity index (χ1) is 13.4. The summed E-state index contributed by atoms with van der Waals surface area (Å²) in [5.74, 6) is 1.44. The first-order valence-electron chi connectivity index (χ1n) is 10.4. The third-order valence-electron chi connectivity index (χ3n) is 7.04. The summed E-state index contributed by atoms with van der Waals surface area (Å²) >= 11 is 0. The molecule has 1 aromatic heterocycles. The van der Waals surface area contributed by atoms with E-state index in [0.29, 0.717) is 34.4 Å². The average molecular weight is 387 g/mol. The van der Waals surface area contributed by atoms with Crippen molar-refractivity contribution in [1.29, 1.82) is 0 Å². The number of hydrogen-bond acceptors (Lipinski definition) is 5. The first-order valence-corrected chi connectivity index (χ1v) is 10.4. The molecule has 152 valence electrons. The molecular weight excluding hydrogens is 358 g/mol. The second-order valence-electron chi connectivity index (χ2n) is 8.83. The van der Waals surface area contributed by atoms with Gasteiger partial charge in [0.15, 0.2) is 6.61 Å². The summed E-state index contributed by atoms with van der Waals surface area (Å²) in [6.07, 6.45) is 5.88. The molecule has 4 bridgehead atoms. The van der Waals surface area contributed by atoms with Gasteiger partial charge in [0.25, 0.3) is 0 Å². The van der Waals surface area contributed by atoms with Crippen LogP contribution in [0.3, 0.4) is 0 Å². The number of hydrogen-bond donors (Lipinski definition) is 1. The number of esters is 2. The molecule has 0 spiro atoms. The van der Waals surface area contributed by atoms with Crippen molar-refractivity contribution >= 4 is 17.7 Å². The topological polar surface area (TPSA) is 85.5 Å². The molecule has 4 aliphatic rings. The van der Waals surface area contributed by atoms with Crippen molar-refractivity contribution in [3.05, 3.63) is 22.5 Å². The normalized spacial score (nSPS) is 30.3. The van der Waals surface area contributed by atoms with E-state index in [2.05, 4.69) is 4.98 Å². The largest absolute Gasteiger partial charge is 0.462 e. The number of Topliss-reactive ketones (excluding diaryl/α,β-unsaturated/α-hetero) is 1. The van der Waals surface area contributed by atoms with Gasteiger partial charge in [-0.05, 0) is 82.1 Å². The lowest BCUT2D eigenvalue weighted by atomic mass is 9.52. The predicted molar refractivity (Wildman–Crippen MR) is 102 cm³/mol. The number of aromatic amines is 1. The highest BCUT2D eigenvalue weighted by Gasteiger charge is 2.51. The molecule has 0 aromatic carbocycles. The van der Waals surface area contributed by atoms with Crippen LogP contribution in [0, 0.1) is 43.4 Å². The Morgan fingerprint density at radius 1 is 0.964 bits per heavy atom. The second kappa shape index (κ2) is 7.37. The molecule has 0 atom stereocenters. The van der Waals surface area contributed by atoms with E-state index in [4.69, 9.17) is 9.47 Å². The van der Waals surface area contributed by atoms with Crippen LogP contribution in [0.2, 0.25) is 0 Å². The van der Waals surface area contributed by atoms with Crippen molar-refractivity contribution in [3.8, 4) is 0 Å². The van der Waals surface area contributed by atoms with E-state index >= 15 is 0 Å². The first kappa shape index (κ1) is 19.2. The van der Waals surface area contributed by atoms with Crippen LogP contribution in [-0.4, -0.2) is 35.9 Å². The minimum Gasteiger partial charge on any atom is -0.462 e. The Morgan fingerprint density at radius 3 is 2.14 bits per heavy atom. The van der Waals surface area contributed by atoms with Crippen LogP contribution >= 0.6 is 0 Å². The second-order valence-corrected chi connectivity index (χ2v) is 8.83. The lowest BCUT2D eigenvalue weighted by Gasteiger charge is -2.53. The number of carbonyl (C=O) groups excluding carboxylic acids is 3. The van der Waals surface area contributed by atoms with Gasteiger partial charge in [0, 0.05) is 5.69 Å². The summed E-state index contributed by atoms with van der Waals surface area (Å²) in [4.78, 5) is 40.5. The van der Waals surface area contributed by atoms with Gasteiger partial charge in [-0.15, -0.1) is 0 Å². The summed E-state index contributed by atoms with van der Waals surface area (Å²) in [6.45, 7) is 5.17. The van der Waals surface area contributed by atoms with Crippen molar-refractivity contribution in [2.45, 2.75) is 52.9 Å². The average Bonchev–Trinajstić information content (AvgIpc) is 2.93. The lowest BCUT2D eigenvalue weighted by molar-refractivity contribution is -0.161. The van der Waals surface area contributed by atoms with Gasteiger partial charge in [0.1, 0.15) is 0 Å². The van der Waals surface area contributed by atoms with E-state index in [1.807, 2.05) is 0 Å². The lowest BCUT2D eigenvalue weighted by Crippen LogP contribution is -2.48. The quantitative estimate of drug-likeness (QED) is 0.595. The smallest absolute Gasteiger partial charge is 0.340 e. The van der Waals surface area contributed by atoms with Crippen molar-refractivity contribution < 1.29 is 23.9 Å². The molecule has 1 aromatic rings. The molecule has 6 nitrogen and oxygen atoms in total. The van der Waals surface area contributed by atoms with Gasteiger partial charge in [-0.1, -0.05) is 0 Å². The van der Waals surface area contributed by atoms with Gasteiger partial charge >= 0.3 is 11.9 Å². The molecule has 0 amide bonds. The van der Waals surface area contributed by atoms with Gasteiger partial charge in [0.2, 0.25) is 5.78 Å². The monoisotopic (exact) mass is 387 g/mol. The zero-order chi connectivity index (χ0) is 20.0. The van der Waals surface area contributed by atoms with Crippen LogP contribution in [0.5, 0.6) is 0 Å². The van der Waals surface area contributed by atoms with Crippen LogP contribution in [-0.2, 0) is 14.3 Å². The van der Waals surface area contributed by atoms with Crippen molar-refractivity contribution in [3.63, 3.8) is 0 Å². The number of H-pyrrole nitrogens is 1. The van der Waals surface area contributed by atoms with Crippen LogP contribution in [0.15, 0.2) is 0 Å². The Hall–Kier alpha value is -2.11. The van der Waals surface area contributed by atoms with Crippen molar-refractivity contribution in [2.24, 2.45) is 29.6 Å². The number of aromatic nitrogens is 1. The third-order valence-corrected chi connectivity index (χ3v) is 7.04. The Morgan fingerprint density at radius 2 is 1.57 bits per heavy atom. The molecule has 0 aliphatic heterocycles. The fourth-order valence-electron chi connectivity index (χ4n) is 6.15. The minimum atomic E-state index is -0.446. The SMILES string of the molecule is CCOC(=O)c1c(C)[nH]c(C(=O)COC(=O)C2C3CC4CC(C3)CC2C4)c1C. The standard InChI is InChI=1S/C22H29NO5/c1-4-27-21(25)18-11(2)20(23-12(18)3)17(24)10-28-22(26)19-15-6-13-5-14(8-15)9-16(19)7-13/h13-16,19,23H,4-10H2,1-3H3. The Bertz CT molecular complexity index is 780. The number of ether oxygens (including phenoxy) is 2. The van der Waals surface area contributed by atoms with E-state index in [-0.39, 0.29) is 30.9 Å². The van der Waals surface area contributed by atoms with Crippen molar-refractivity contribution in [2.75, 3.05) is 13.2 Å². The molecule has 0 unspecified atom stereocenters. The summed E-state index contributed by atoms with van der Waals surface area (Å²) in [5, 5.41) is 0. The summed E-state index contributed by atoms with van der Waals surface area (Å²) in [7, 11) is 0. The van der Waals surface area contributed by atoms with Gasteiger partial charge in [-0.2, -0.15) is 0 Å². The maximum absolute atomic E-state index is 12.8. The molecule has 4 saturated carbocycles. The van der Waals surface area contributed by atoms with E-state index in [9.17, 15) is 14.4 Å². The number of nitrogens with one attached hydrogen (secondary N) is 1. The Labute approximate surface area is 165 Å². The van der Waals surface area contributed by atoms with Crippen LogP contribution in [0.4, 0.5) is 0 Å². The molecule has 6 heteroatoms. The number of rotatable bonds is 6. The molecule has 1 N–H and O–H groups in total. The van der Waals surface area contributed by atoms with Crippen LogP contribution < -0.4 is 0 Å². The van der Waals surface area contributed by atoms with Crippen LogP contribution in [0.1, 0.15) is 71.1 Å². The molecule has 4 aliphatic carbocycles. The summed E-state index contributed by atoms with van der Waals surface area (Å²) in [5.41, 5.74) is 1.84. The Kier molecular flexibility index (Phi) is 5.06. The summed E-state index contributed by atoms with van der Waals surface area (Å²) < 4.78 is 10.5. The molecular formula is C22H29NO5. The number of carbonyl (C=O) groups is 3. The fraction of sp³-hybridized carbons (Fsp3) is 0.682. The van der Waals surface area contributed by atoms with Gasteiger partial charge in [-0.3, -0.25) is 9.59 Å². The zero-order valence-electron chi connectivity index (χ0n) is 16.9. The van der Waals surface area contributed by atoms with Gasteiger partial charge < -0.3 is 14.5 Å². The zero-order valence-corrected chi connectivity index (χ0v) is 16.9. The van der Waals surface area contributed by atoms with Crippen LogP contribution in [0.25, 0.3) is 0 Å². The van der Waals surface area contributed by atoms with E-state index < -0.39 is 5.97 Å². The molecule has 1 heterocycles. The maximum atomic E-state index is 12.8. The summed E-state index contributed by atoms with van der Waals surface area (Å²) in [6, 6.07) is 0. The van der Waals surface area contributed by atoms with E-state index in [0.717, 1.165) is 37.5 Å². The minimum absolute atomic E-state index is 0.0397. The van der Waals surface area contributed by atoms with Gasteiger partial charge in [-0.25, -0.2) is 4.79 Å². The van der Waals surface area contributed by atoms with Gasteiger partial charge in [0.05, 0.1) is 23.8 Å². The fourth-order valence-corrected chi connectivity index (χ4v) is 6.15. The molecule has 0 saturated heterocycles. The van der Waals surface area contributed by atoms with E-state index in [1.54, 1.807) is 20.8 Å². The third kappa shape index (κ3) is 3.27. The molecule has 5 rings (SSSR count). The molecule has 28 heavy (non-hydrogen) atoms. The highest BCUT2D eigenvalue weighted by Crippen LogP contribution is 2.56. The maximum Gasteiger partial charge on any atom is 0.340 e. The number of aryl methyl sites for hydroxylation is 1. The predicted octanol–water partition coefficient (Wildman–Crippen LogP) is 3.61. The highest BCUT2D eigenvalue weighted by atomic mass is 16.5. The molecule has 0 radical (unpaired) electrons. The number of ketones is 1. The Balaban J connectivity index is 1.40. The van der Waals surface area contributed by atoms with Crippen molar-refractivity contribution in [1.82, 2.24) is 4.98 Å². The molecule has 4 fully saturated rings.